The lowest BCUT2D eigenvalue weighted by atomic mass is 9.67. The van der Waals surface area contributed by atoms with Gasteiger partial charge in [-0.15, -0.1) is 0 Å². The first-order valence-electron chi connectivity index (χ1n) is 6.57. The zero-order valence-corrected chi connectivity index (χ0v) is 10.2. The molecule has 1 N–H and O–H groups in total. The number of hydrogen-bond acceptors (Lipinski definition) is 3. The summed E-state index contributed by atoms with van der Waals surface area (Å²) in [5.41, 5.74) is -0.521. The Morgan fingerprint density at radius 3 is 2.71 bits per heavy atom. The fourth-order valence-corrected chi connectivity index (χ4v) is 3.67. The summed E-state index contributed by atoms with van der Waals surface area (Å²) in [5, 5.41) is 11.0. The van der Waals surface area contributed by atoms with Crippen molar-refractivity contribution in [2.24, 2.45) is 5.41 Å². The molecule has 3 heteroatoms. The van der Waals surface area contributed by atoms with E-state index >= 15 is 0 Å². The van der Waals surface area contributed by atoms with Gasteiger partial charge in [-0.1, -0.05) is 0 Å². The van der Waals surface area contributed by atoms with Crippen LogP contribution in [0, 0.1) is 5.41 Å². The molecule has 1 aliphatic heterocycles. The predicted octanol–water partition coefficient (Wildman–Crippen LogP) is 2.53. The predicted molar refractivity (Wildman–Crippen MR) is 63.7 cm³/mol. The average molecular weight is 236 g/mol. The number of ether oxygens (including phenoxy) is 1. The molecule has 1 unspecified atom stereocenters. The molecular formula is C14H20O3. The van der Waals surface area contributed by atoms with Crippen molar-refractivity contribution < 1.29 is 14.3 Å². The third-order valence-electron chi connectivity index (χ3n) is 4.73. The molecule has 94 valence electrons. The zero-order valence-electron chi connectivity index (χ0n) is 10.2. The fourth-order valence-electron chi connectivity index (χ4n) is 3.67. The largest absolute Gasteiger partial charge is 0.469 e. The first kappa shape index (κ1) is 11.3. The van der Waals surface area contributed by atoms with Gasteiger partial charge in [-0.25, -0.2) is 0 Å². The van der Waals surface area contributed by atoms with E-state index in [0.29, 0.717) is 6.42 Å². The monoisotopic (exact) mass is 236 g/mol. The normalized spacial score (nSPS) is 32.1. The highest BCUT2D eigenvalue weighted by atomic mass is 16.5. The van der Waals surface area contributed by atoms with Crippen LogP contribution in [0.2, 0.25) is 0 Å². The summed E-state index contributed by atoms with van der Waals surface area (Å²) in [6, 6.07) is 3.85. The quantitative estimate of drug-likeness (QED) is 0.858. The van der Waals surface area contributed by atoms with Gasteiger partial charge in [0, 0.05) is 25.0 Å². The molecule has 1 aliphatic carbocycles. The second-order valence-corrected chi connectivity index (χ2v) is 5.53. The van der Waals surface area contributed by atoms with Crippen LogP contribution < -0.4 is 0 Å². The number of furan rings is 1. The first-order valence-corrected chi connectivity index (χ1v) is 6.57. The van der Waals surface area contributed by atoms with E-state index in [0.717, 1.165) is 51.1 Å². The van der Waals surface area contributed by atoms with E-state index in [-0.39, 0.29) is 5.41 Å². The van der Waals surface area contributed by atoms with E-state index in [1.807, 2.05) is 12.1 Å². The molecule has 1 saturated heterocycles. The molecule has 2 heterocycles. The third kappa shape index (κ3) is 1.81. The van der Waals surface area contributed by atoms with Crippen molar-refractivity contribution >= 4 is 0 Å². The number of aliphatic hydroxyl groups is 1. The molecule has 0 bridgehead atoms. The van der Waals surface area contributed by atoms with Gasteiger partial charge in [-0.3, -0.25) is 0 Å². The van der Waals surface area contributed by atoms with Crippen LogP contribution in [-0.2, 0) is 11.2 Å². The maximum absolute atomic E-state index is 11.0. The van der Waals surface area contributed by atoms with Crippen LogP contribution >= 0.6 is 0 Å². The SMILES string of the molecule is OC1(Cc2ccco2)CCCC12CCOCC2. The Hall–Kier alpha value is -0.800. The smallest absolute Gasteiger partial charge is 0.106 e. The van der Waals surface area contributed by atoms with Crippen molar-refractivity contribution in [3.05, 3.63) is 24.2 Å². The molecule has 1 atom stereocenters. The Balaban J connectivity index is 1.83. The van der Waals surface area contributed by atoms with E-state index in [1.54, 1.807) is 6.26 Å². The van der Waals surface area contributed by atoms with E-state index in [9.17, 15) is 5.11 Å². The second kappa shape index (κ2) is 4.14. The summed E-state index contributed by atoms with van der Waals surface area (Å²) < 4.78 is 10.9. The van der Waals surface area contributed by atoms with E-state index in [1.165, 1.54) is 0 Å². The number of rotatable bonds is 2. The van der Waals surface area contributed by atoms with Gasteiger partial charge in [0.2, 0.25) is 0 Å². The summed E-state index contributed by atoms with van der Waals surface area (Å²) in [4.78, 5) is 0. The molecule has 1 saturated carbocycles. The van der Waals surface area contributed by atoms with Gasteiger partial charge in [0.05, 0.1) is 11.9 Å². The Morgan fingerprint density at radius 1 is 1.18 bits per heavy atom. The lowest BCUT2D eigenvalue weighted by Gasteiger charge is -2.44. The summed E-state index contributed by atoms with van der Waals surface area (Å²) in [6.07, 6.45) is 7.47. The third-order valence-corrected chi connectivity index (χ3v) is 4.73. The Kier molecular flexibility index (Phi) is 2.75. The lowest BCUT2D eigenvalue weighted by Crippen LogP contribution is -2.48. The highest BCUT2D eigenvalue weighted by Crippen LogP contribution is 2.54. The number of hydrogen-bond donors (Lipinski definition) is 1. The van der Waals surface area contributed by atoms with E-state index in [2.05, 4.69) is 0 Å². The van der Waals surface area contributed by atoms with Crippen LogP contribution in [0.15, 0.2) is 22.8 Å². The van der Waals surface area contributed by atoms with Crippen LogP contribution in [0.4, 0.5) is 0 Å². The minimum atomic E-state index is -0.589. The van der Waals surface area contributed by atoms with Gasteiger partial charge in [0.1, 0.15) is 5.76 Å². The molecule has 0 amide bonds. The van der Waals surface area contributed by atoms with Crippen LogP contribution in [0.25, 0.3) is 0 Å². The maximum atomic E-state index is 11.0. The minimum absolute atomic E-state index is 0.0675. The Morgan fingerprint density at radius 2 is 2.00 bits per heavy atom. The van der Waals surface area contributed by atoms with Crippen LogP contribution in [0.5, 0.6) is 0 Å². The molecule has 2 fully saturated rings. The van der Waals surface area contributed by atoms with Gasteiger partial charge in [0.15, 0.2) is 0 Å². The van der Waals surface area contributed by atoms with E-state index in [4.69, 9.17) is 9.15 Å². The second-order valence-electron chi connectivity index (χ2n) is 5.53. The van der Waals surface area contributed by atoms with Gasteiger partial charge in [0.25, 0.3) is 0 Å². The van der Waals surface area contributed by atoms with Crippen molar-refractivity contribution in [3.63, 3.8) is 0 Å². The lowest BCUT2D eigenvalue weighted by molar-refractivity contribution is -0.114. The van der Waals surface area contributed by atoms with Crippen molar-refractivity contribution in [1.29, 1.82) is 0 Å². The van der Waals surface area contributed by atoms with Crippen LogP contribution in [0.3, 0.4) is 0 Å². The summed E-state index contributed by atoms with van der Waals surface area (Å²) in [6.45, 7) is 1.58. The van der Waals surface area contributed by atoms with Crippen molar-refractivity contribution in [3.8, 4) is 0 Å². The van der Waals surface area contributed by atoms with Gasteiger partial charge in [-0.05, 0) is 44.2 Å². The molecule has 0 radical (unpaired) electrons. The molecule has 3 nitrogen and oxygen atoms in total. The van der Waals surface area contributed by atoms with Gasteiger partial charge in [-0.2, -0.15) is 0 Å². The van der Waals surface area contributed by atoms with Gasteiger partial charge < -0.3 is 14.3 Å². The highest BCUT2D eigenvalue weighted by Gasteiger charge is 2.54. The first-order chi connectivity index (χ1) is 8.24. The minimum Gasteiger partial charge on any atom is -0.469 e. The Bertz CT molecular complexity index is 365. The van der Waals surface area contributed by atoms with Crippen molar-refractivity contribution in [2.45, 2.75) is 44.1 Å². The Labute approximate surface area is 102 Å². The highest BCUT2D eigenvalue weighted by molar-refractivity contribution is 5.11. The van der Waals surface area contributed by atoms with Crippen LogP contribution in [0.1, 0.15) is 37.9 Å². The summed E-state index contributed by atoms with van der Waals surface area (Å²) in [7, 11) is 0. The molecule has 3 rings (SSSR count). The standard InChI is InChI=1S/C14H20O3/c15-14(11-12-3-1-8-17-12)5-2-4-13(14)6-9-16-10-7-13/h1,3,8,15H,2,4-7,9-11H2. The summed E-state index contributed by atoms with van der Waals surface area (Å²) >= 11 is 0. The topological polar surface area (TPSA) is 42.6 Å². The molecule has 2 aliphatic rings. The molecule has 0 aromatic carbocycles. The molecular weight excluding hydrogens is 216 g/mol. The van der Waals surface area contributed by atoms with Crippen molar-refractivity contribution in [2.75, 3.05) is 13.2 Å². The molecule has 1 aromatic rings. The summed E-state index contributed by atoms with van der Waals surface area (Å²) in [5.74, 6) is 0.903. The van der Waals surface area contributed by atoms with Crippen LogP contribution in [-0.4, -0.2) is 23.9 Å². The molecule has 17 heavy (non-hydrogen) atoms. The van der Waals surface area contributed by atoms with E-state index < -0.39 is 5.60 Å². The van der Waals surface area contributed by atoms with Gasteiger partial charge >= 0.3 is 0 Å². The average Bonchev–Trinajstić information content (AvgIpc) is 2.91. The zero-order chi connectivity index (χ0) is 11.8. The molecule has 1 spiro atoms. The maximum Gasteiger partial charge on any atom is 0.106 e. The fraction of sp³-hybridized carbons (Fsp3) is 0.714. The molecule has 1 aromatic heterocycles. The van der Waals surface area contributed by atoms with Crippen molar-refractivity contribution in [1.82, 2.24) is 0 Å².